The second kappa shape index (κ2) is 9.40. The number of halogens is 12. The van der Waals surface area contributed by atoms with E-state index in [1.165, 1.54) is 0 Å². The molecular weight excluding hydrogens is 552 g/mol. The maximum absolute atomic E-state index is 13.1. The number of hydrogen-bond acceptors (Lipinski definition) is 4. The predicted molar refractivity (Wildman–Crippen MR) is 108 cm³/mol. The van der Waals surface area contributed by atoms with Crippen LogP contribution in [0.4, 0.5) is 64.1 Å². The molecule has 0 fully saturated rings. The molecule has 0 aliphatic rings. The molecule has 0 spiro atoms. The van der Waals surface area contributed by atoms with Crippen molar-refractivity contribution in [3.8, 4) is 23.0 Å². The van der Waals surface area contributed by atoms with Gasteiger partial charge in [0.1, 0.15) is 11.5 Å². The molecular formula is C22H12F12N2O2. The van der Waals surface area contributed by atoms with Crippen molar-refractivity contribution in [2.24, 2.45) is 0 Å². The number of alkyl halides is 12. The highest BCUT2D eigenvalue weighted by Crippen LogP contribution is 2.44. The van der Waals surface area contributed by atoms with Crippen LogP contribution in [0.25, 0.3) is 0 Å². The van der Waals surface area contributed by atoms with Crippen molar-refractivity contribution in [2.75, 3.05) is 11.5 Å². The molecule has 206 valence electrons. The van der Waals surface area contributed by atoms with Crippen LogP contribution in [0.3, 0.4) is 0 Å². The van der Waals surface area contributed by atoms with E-state index in [0.717, 1.165) is 6.07 Å². The summed E-state index contributed by atoms with van der Waals surface area (Å²) in [6, 6.07) is 2.02. The molecule has 3 rings (SSSR count). The summed E-state index contributed by atoms with van der Waals surface area (Å²) in [5, 5.41) is 0. The van der Waals surface area contributed by atoms with E-state index < -0.39 is 81.3 Å². The van der Waals surface area contributed by atoms with E-state index in [4.69, 9.17) is 20.9 Å². The molecule has 3 aromatic rings. The van der Waals surface area contributed by atoms with Crippen molar-refractivity contribution in [1.29, 1.82) is 0 Å². The van der Waals surface area contributed by atoms with Gasteiger partial charge in [-0.2, -0.15) is 52.7 Å². The van der Waals surface area contributed by atoms with Gasteiger partial charge in [-0.05, 0) is 42.5 Å². The summed E-state index contributed by atoms with van der Waals surface area (Å²) in [5.74, 6) is -3.31. The molecule has 0 saturated carbocycles. The number of rotatable bonds is 4. The standard InChI is InChI=1S/C22H12F12N2O2/c23-19(24,25)9-1-10(20(26,27)28)4-13(3-9)37-17-8-18(16(36)7-15(17)35)38-14-5-11(21(29,30)31)2-12(6-14)22(32,33)34/h1-8H,35-36H2. The van der Waals surface area contributed by atoms with E-state index in [2.05, 4.69) is 0 Å². The highest BCUT2D eigenvalue weighted by atomic mass is 19.4. The molecule has 4 N–H and O–H groups in total. The minimum Gasteiger partial charge on any atom is -0.455 e. The summed E-state index contributed by atoms with van der Waals surface area (Å²) in [6.07, 6.45) is -20.8. The average Bonchev–Trinajstić information content (AvgIpc) is 2.74. The first kappa shape index (κ1) is 28.6. The third-order valence-electron chi connectivity index (χ3n) is 4.72. The average molecular weight is 564 g/mol. The van der Waals surface area contributed by atoms with Gasteiger partial charge in [-0.15, -0.1) is 0 Å². The Morgan fingerprint density at radius 2 is 0.658 bits per heavy atom. The Morgan fingerprint density at radius 3 is 0.895 bits per heavy atom. The third-order valence-corrected chi connectivity index (χ3v) is 4.72. The van der Waals surface area contributed by atoms with Crippen LogP contribution < -0.4 is 20.9 Å². The molecule has 0 heterocycles. The van der Waals surface area contributed by atoms with Gasteiger partial charge in [-0.25, -0.2) is 0 Å². The normalized spacial score (nSPS) is 12.9. The van der Waals surface area contributed by atoms with Crippen molar-refractivity contribution in [3.05, 3.63) is 70.8 Å². The molecule has 0 radical (unpaired) electrons. The van der Waals surface area contributed by atoms with Gasteiger partial charge in [0, 0.05) is 6.07 Å². The number of nitrogens with two attached hydrogens (primary N) is 2. The molecule has 0 aromatic heterocycles. The molecule has 0 aliphatic carbocycles. The maximum Gasteiger partial charge on any atom is 0.416 e. The van der Waals surface area contributed by atoms with E-state index in [0.29, 0.717) is 6.07 Å². The van der Waals surface area contributed by atoms with Gasteiger partial charge < -0.3 is 20.9 Å². The third kappa shape index (κ3) is 6.66. The molecule has 0 unspecified atom stereocenters. The van der Waals surface area contributed by atoms with Crippen molar-refractivity contribution in [2.45, 2.75) is 24.7 Å². The van der Waals surface area contributed by atoms with E-state index in [9.17, 15) is 52.7 Å². The lowest BCUT2D eigenvalue weighted by atomic mass is 10.1. The van der Waals surface area contributed by atoms with Gasteiger partial charge in [-0.3, -0.25) is 0 Å². The van der Waals surface area contributed by atoms with Gasteiger partial charge in [0.15, 0.2) is 11.5 Å². The van der Waals surface area contributed by atoms with Gasteiger partial charge in [-0.1, -0.05) is 0 Å². The fourth-order valence-electron chi connectivity index (χ4n) is 3.00. The maximum atomic E-state index is 13.1. The Labute approximate surface area is 204 Å². The Kier molecular flexibility index (Phi) is 7.07. The summed E-state index contributed by atoms with van der Waals surface area (Å²) in [5.41, 5.74) is 3.46. The van der Waals surface area contributed by atoms with Crippen molar-refractivity contribution in [3.63, 3.8) is 0 Å². The summed E-state index contributed by atoms with van der Waals surface area (Å²) in [7, 11) is 0. The Bertz CT molecular complexity index is 1180. The quantitative estimate of drug-likeness (QED) is 0.246. The van der Waals surface area contributed by atoms with E-state index in [1.54, 1.807) is 0 Å². The fraction of sp³-hybridized carbons (Fsp3) is 0.182. The molecule has 0 aliphatic heterocycles. The Hall–Kier alpha value is -3.98. The van der Waals surface area contributed by atoms with Crippen molar-refractivity contribution in [1.82, 2.24) is 0 Å². The molecule has 16 heteroatoms. The second-order valence-corrected chi connectivity index (χ2v) is 7.62. The van der Waals surface area contributed by atoms with Crippen molar-refractivity contribution >= 4 is 11.4 Å². The lowest BCUT2D eigenvalue weighted by Crippen LogP contribution is -2.11. The van der Waals surface area contributed by atoms with Crippen LogP contribution in [-0.4, -0.2) is 0 Å². The molecule has 0 atom stereocenters. The molecule has 0 saturated heterocycles. The molecule has 3 aromatic carbocycles. The first-order valence-corrected chi connectivity index (χ1v) is 9.78. The summed E-state index contributed by atoms with van der Waals surface area (Å²) in [4.78, 5) is 0. The zero-order valence-electron chi connectivity index (χ0n) is 18.1. The first-order valence-electron chi connectivity index (χ1n) is 9.78. The van der Waals surface area contributed by atoms with Crippen LogP contribution in [0.15, 0.2) is 48.5 Å². The molecule has 4 nitrogen and oxygen atoms in total. The summed E-state index contributed by atoms with van der Waals surface area (Å²) in [6.45, 7) is 0. The smallest absolute Gasteiger partial charge is 0.416 e. The van der Waals surface area contributed by atoms with Crippen LogP contribution in [0.5, 0.6) is 23.0 Å². The number of nitrogen functional groups attached to an aromatic ring is 2. The van der Waals surface area contributed by atoms with Crippen LogP contribution >= 0.6 is 0 Å². The largest absolute Gasteiger partial charge is 0.455 e. The number of ether oxygens (including phenoxy) is 2. The summed E-state index contributed by atoms with van der Waals surface area (Å²) < 4.78 is 167. The highest BCUT2D eigenvalue weighted by molar-refractivity contribution is 5.69. The van der Waals surface area contributed by atoms with Crippen LogP contribution in [0.2, 0.25) is 0 Å². The number of benzene rings is 3. The zero-order valence-corrected chi connectivity index (χ0v) is 18.1. The van der Waals surface area contributed by atoms with Gasteiger partial charge in [0.2, 0.25) is 0 Å². The first-order chi connectivity index (χ1) is 17.1. The second-order valence-electron chi connectivity index (χ2n) is 7.62. The lowest BCUT2D eigenvalue weighted by Gasteiger charge is -2.18. The van der Waals surface area contributed by atoms with E-state index in [-0.39, 0.29) is 36.4 Å². The van der Waals surface area contributed by atoms with E-state index in [1.807, 2.05) is 0 Å². The predicted octanol–water partition coefficient (Wildman–Crippen LogP) is 8.51. The van der Waals surface area contributed by atoms with Crippen LogP contribution in [0.1, 0.15) is 22.3 Å². The number of hydrogen-bond donors (Lipinski definition) is 2. The highest BCUT2D eigenvalue weighted by Gasteiger charge is 2.38. The molecule has 38 heavy (non-hydrogen) atoms. The number of anilines is 2. The minimum atomic E-state index is -5.21. The topological polar surface area (TPSA) is 70.5 Å². The summed E-state index contributed by atoms with van der Waals surface area (Å²) >= 11 is 0. The SMILES string of the molecule is Nc1cc(N)c(Oc2cc(C(F)(F)F)cc(C(F)(F)F)c2)cc1Oc1cc(C(F)(F)F)cc(C(F)(F)F)c1. The zero-order chi connectivity index (χ0) is 28.8. The minimum absolute atomic E-state index is 0.167. The van der Waals surface area contributed by atoms with Gasteiger partial charge in [0.05, 0.1) is 33.6 Å². The van der Waals surface area contributed by atoms with Crippen molar-refractivity contribution < 1.29 is 62.2 Å². The lowest BCUT2D eigenvalue weighted by molar-refractivity contribution is -0.144. The van der Waals surface area contributed by atoms with Crippen LogP contribution in [0, 0.1) is 0 Å². The Morgan fingerprint density at radius 1 is 0.395 bits per heavy atom. The molecule has 0 bridgehead atoms. The fourth-order valence-corrected chi connectivity index (χ4v) is 3.00. The molecule has 0 amide bonds. The van der Waals surface area contributed by atoms with E-state index >= 15 is 0 Å². The Balaban J connectivity index is 2.06. The van der Waals surface area contributed by atoms with Gasteiger partial charge in [0.25, 0.3) is 0 Å². The van der Waals surface area contributed by atoms with Gasteiger partial charge >= 0.3 is 24.7 Å². The monoisotopic (exact) mass is 564 g/mol. The van der Waals surface area contributed by atoms with Crippen LogP contribution in [-0.2, 0) is 24.7 Å².